The molecule has 0 aliphatic carbocycles. The second-order valence-corrected chi connectivity index (χ2v) is 6.87. The average molecular weight is 432 g/mol. The summed E-state index contributed by atoms with van der Waals surface area (Å²) in [5, 5.41) is 0. The molecule has 2 aromatic heterocycles. The summed E-state index contributed by atoms with van der Waals surface area (Å²) in [6, 6.07) is 9.19. The molecule has 0 spiro atoms. The van der Waals surface area contributed by atoms with Crippen molar-refractivity contribution in [1.29, 1.82) is 0 Å². The second-order valence-electron chi connectivity index (χ2n) is 6.12. The molecule has 1 amide bonds. The van der Waals surface area contributed by atoms with Crippen LogP contribution in [0.4, 0.5) is 10.6 Å². The first-order valence-corrected chi connectivity index (χ1v) is 9.27. The highest BCUT2D eigenvalue weighted by atomic mass is 79.9. The van der Waals surface area contributed by atoms with Crippen LogP contribution in [0.1, 0.15) is 17.4 Å². The number of amides is 1. The zero-order valence-electron chi connectivity index (χ0n) is 14.4. The molecule has 0 radical (unpaired) electrons. The van der Waals surface area contributed by atoms with Gasteiger partial charge in [0.05, 0.1) is 13.2 Å². The van der Waals surface area contributed by atoms with Gasteiger partial charge in [0.25, 0.3) is 0 Å². The number of rotatable bonds is 3. The molecule has 1 atom stereocenters. The normalized spacial score (nSPS) is 17.2. The molecule has 0 bridgehead atoms. The number of carbonyl (C=O) groups is 1. The number of aromatic nitrogens is 3. The van der Waals surface area contributed by atoms with Gasteiger partial charge in [-0.1, -0.05) is 30.3 Å². The van der Waals surface area contributed by atoms with Gasteiger partial charge in [-0.05, 0) is 21.5 Å². The van der Waals surface area contributed by atoms with Crippen molar-refractivity contribution >= 4 is 33.4 Å². The van der Waals surface area contributed by atoms with E-state index in [1.54, 1.807) is 17.3 Å². The van der Waals surface area contributed by atoms with E-state index in [-0.39, 0.29) is 12.6 Å². The number of morpholine rings is 1. The molecule has 3 aromatic rings. The topological polar surface area (TPSA) is 95.0 Å². The summed E-state index contributed by atoms with van der Waals surface area (Å²) in [7, 11) is 0. The van der Waals surface area contributed by atoms with E-state index in [9.17, 15) is 4.79 Å². The van der Waals surface area contributed by atoms with Crippen LogP contribution in [0.5, 0.6) is 0 Å². The molecule has 9 heteroatoms. The molecule has 0 saturated carbocycles. The lowest BCUT2D eigenvalue weighted by molar-refractivity contribution is -0.0144. The maximum absolute atomic E-state index is 12.7. The Morgan fingerprint density at radius 2 is 2.19 bits per heavy atom. The number of hydrogen-bond donors (Lipinski definition) is 1. The van der Waals surface area contributed by atoms with Crippen molar-refractivity contribution < 1.29 is 14.3 Å². The SMILES string of the molecule is Nc1nccn2c([C@@H]3COCCN3C(=O)OCc3ccccc3)nc(Br)c12. The maximum atomic E-state index is 12.7. The summed E-state index contributed by atoms with van der Waals surface area (Å²) in [6.45, 7) is 1.41. The number of nitrogens with zero attached hydrogens (tertiary/aromatic N) is 4. The first-order chi connectivity index (χ1) is 13.1. The fourth-order valence-electron chi connectivity index (χ4n) is 3.12. The smallest absolute Gasteiger partial charge is 0.410 e. The van der Waals surface area contributed by atoms with Gasteiger partial charge >= 0.3 is 6.09 Å². The van der Waals surface area contributed by atoms with E-state index in [2.05, 4.69) is 25.9 Å². The molecule has 0 unspecified atom stereocenters. The molecule has 1 fully saturated rings. The molecule has 27 heavy (non-hydrogen) atoms. The van der Waals surface area contributed by atoms with Crippen LogP contribution in [0.2, 0.25) is 0 Å². The van der Waals surface area contributed by atoms with E-state index >= 15 is 0 Å². The van der Waals surface area contributed by atoms with Crippen LogP contribution in [0, 0.1) is 0 Å². The number of halogens is 1. The molecular formula is C18H18BrN5O3. The van der Waals surface area contributed by atoms with E-state index in [4.69, 9.17) is 15.2 Å². The van der Waals surface area contributed by atoms with Crippen LogP contribution in [0.3, 0.4) is 0 Å². The number of benzene rings is 1. The molecule has 4 rings (SSSR count). The van der Waals surface area contributed by atoms with Crippen molar-refractivity contribution in [2.75, 3.05) is 25.5 Å². The van der Waals surface area contributed by atoms with E-state index in [1.165, 1.54) is 0 Å². The standard InChI is InChI=1S/C18H18BrN5O3/c19-15-14-16(20)21-6-7-24(14)17(22-15)13-11-26-9-8-23(13)18(25)27-10-12-4-2-1-3-5-12/h1-7,13H,8-11H2,(H2,20,21)/t13-/m0/s1. The zero-order valence-corrected chi connectivity index (χ0v) is 16.0. The van der Waals surface area contributed by atoms with Gasteiger partial charge in [0.15, 0.2) is 5.82 Å². The minimum atomic E-state index is -0.401. The second kappa shape index (κ2) is 7.53. The molecule has 1 aliphatic heterocycles. The summed E-state index contributed by atoms with van der Waals surface area (Å²) in [4.78, 5) is 23.0. The Morgan fingerprint density at radius 3 is 3.00 bits per heavy atom. The average Bonchev–Trinajstić information content (AvgIpc) is 3.05. The van der Waals surface area contributed by atoms with E-state index in [0.717, 1.165) is 5.56 Å². The van der Waals surface area contributed by atoms with Crippen LogP contribution in [-0.4, -0.2) is 45.1 Å². The summed E-state index contributed by atoms with van der Waals surface area (Å²) in [5.74, 6) is 1.00. The number of hydrogen-bond acceptors (Lipinski definition) is 6. The highest BCUT2D eigenvalue weighted by molar-refractivity contribution is 9.10. The largest absolute Gasteiger partial charge is 0.445 e. The van der Waals surface area contributed by atoms with Gasteiger partial charge in [-0.3, -0.25) is 9.30 Å². The Kier molecular flexibility index (Phi) is 4.95. The van der Waals surface area contributed by atoms with E-state index < -0.39 is 6.09 Å². The summed E-state index contributed by atoms with van der Waals surface area (Å²) < 4.78 is 13.5. The Bertz CT molecular complexity index is 962. The number of nitrogen functional groups attached to an aromatic ring is 1. The monoisotopic (exact) mass is 431 g/mol. The Labute approximate surface area is 164 Å². The van der Waals surface area contributed by atoms with Gasteiger partial charge in [-0.15, -0.1) is 0 Å². The molecule has 1 saturated heterocycles. The minimum absolute atomic E-state index is 0.215. The first kappa shape index (κ1) is 17.7. The number of carbonyl (C=O) groups excluding carboxylic acids is 1. The highest BCUT2D eigenvalue weighted by Gasteiger charge is 2.33. The Hall–Kier alpha value is -2.65. The molecular weight excluding hydrogens is 414 g/mol. The number of nitrogens with two attached hydrogens (primary N) is 1. The highest BCUT2D eigenvalue weighted by Crippen LogP contribution is 2.30. The zero-order chi connectivity index (χ0) is 18.8. The fraction of sp³-hybridized carbons (Fsp3) is 0.278. The Morgan fingerprint density at radius 1 is 1.37 bits per heavy atom. The fourth-order valence-corrected chi connectivity index (χ4v) is 3.69. The lowest BCUT2D eigenvalue weighted by atomic mass is 10.2. The predicted molar refractivity (Wildman–Crippen MR) is 102 cm³/mol. The van der Waals surface area contributed by atoms with Crippen molar-refractivity contribution in [1.82, 2.24) is 19.3 Å². The van der Waals surface area contributed by atoms with Crippen molar-refractivity contribution in [2.24, 2.45) is 0 Å². The first-order valence-electron chi connectivity index (χ1n) is 8.48. The third-order valence-corrected chi connectivity index (χ3v) is 4.99. The predicted octanol–water partition coefficient (Wildman–Crippen LogP) is 2.78. The summed E-state index contributed by atoms with van der Waals surface area (Å²) in [6.07, 6.45) is 2.96. The molecule has 1 aromatic carbocycles. The van der Waals surface area contributed by atoms with Gasteiger partial charge in [0.2, 0.25) is 0 Å². The summed E-state index contributed by atoms with van der Waals surface area (Å²) >= 11 is 3.43. The number of imidazole rings is 1. The van der Waals surface area contributed by atoms with Crippen LogP contribution in [0.25, 0.3) is 5.52 Å². The van der Waals surface area contributed by atoms with Crippen molar-refractivity contribution in [2.45, 2.75) is 12.6 Å². The maximum Gasteiger partial charge on any atom is 0.410 e. The summed E-state index contributed by atoms with van der Waals surface area (Å²) in [5.41, 5.74) is 7.56. The molecule has 2 N–H and O–H groups in total. The lowest BCUT2D eigenvalue weighted by Gasteiger charge is -2.33. The molecule has 140 valence electrons. The van der Waals surface area contributed by atoms with Crippen LogP contribution < -0.4 is 5.73 Å². The van der Waals surface area contributed by atoms with Crippen LogP contribution in [-0.2, 0) is 16.1 Å². The molecule has 3 heterocycles. The number of ether oxygens (including phenoxy) is 2. The van der Waals surface area contributed by atoms with E-state index in [1.807, 2.05) is 34.7 Å². The number of anilines is 1. The van der Waals surface area contributed by atoms with Crippen LogP contribution in [0.15, 0.2) is 47.3 Å². The Balaban J connectivity index is 1.59. The van der Waals surface area contributed by atoms with E-state index in [0.29, 0.717) is 41.5 Å². The lowest BCUT2D eigenvalue weighted by Crippen LogP contribution is -2.44. The van der Waals surface area contributed by atoms with Crippen LogP contribution >= 0.6 is 15.9 Å². The van der Waals surface area contributed by atoms with Gasteiger partial charge in [0.1, 0.15) is 28.6 Å². The third-order valence-electron chi connectivity index (χ3n) is 4.43. The quantitative estimate of drug-likeness (QED) is 0.684. The van der Waals surface area contributed by atoms with Gasteiger partial charge in [-0.2, -0.15) is 0 Å². The molecule has 8 nitrogen and oxygen atoms in total. The third kappa shape index (κ3) is 3.47. The van der Waals surface area contributed by atoms with Gasteiger partial charge < -0.3 is 15.2 Å². The van der Waals surface area contributed by atoms with Crippen molar-refractivity contribution in [3.05, 3.63) is 58.7 Å². The van der Waals surface area contributed by atoms with Crippen molar-refractivity contribution in [3.63, 3.8) is 0 Å². The molecule has 1 aliphatic rings. The van der Waals surface area contributed by atoms with Gasteiger partial charge in [-0.25, -0.2) is 14.8 Å². The van der Waals surface area contributed by atoms with Gasteiger partial charge in [0, 0.05) is 18.9 Å². The number of fused-ring (bicyclic) bond motifs is 1. The minimum Gasteiger partial charge on any atom is -0.445 e. The van der Waals surface area contributed by atoms with Crippen molar-refractivity contribution in [3.8, 4) is 0 Å².